The van der Waals surface area contributed by atoms with Gasteiger partial charge in [-0.3, -0.25) is 9.88 Å². The molecule has 0 spiro atoms. The molecule has 4 aromatic rings. The Labute approximate surface area is 220 Å². The minimum atomic E-state index is -0.513. The zero-order chi connectivity index (χ0) is 26.4. The van der Waals surface area contributed by atoms with Crippen molar-refractivity contribution in [1.29, 1.82) is 0 Å². The lowest BCUT2D eigenvalue weighted by Gasteiger charge is -2.25. The SMILES string of the molecule is Cc1nc2c(F)cc(-c3cc(Cc4ncc(CN5C[C@@H]6NCCO[C@@H]6C5)cn4)ncc3F)cc2n1C(C)C. The van der Waals surface area contributed by atoms with Crippen molar-refractivity contribution >= 4 is 11.0 Å². The fraction of sp³-hybridized carbons (Fsp3) is 0.429. The first-order valence-corrected chi connectivity index (χ1v) is 13.1. The number of hydrogen-bond acceptors (Lipinski definition) is 7. The first-order valence-electron chi connectivity index (χ1n) is 13.1. The number of rotatable bonds is 6. The van der Waals surface area contributed by atoms with Crippen LogP contribution in [0.25, 0.3) is 22.2 Å². The number of aromatic nitrogens is 5. The number of hydrogen-bond donors (Lipinski definition) is 1. The van der Waals surface area contributed by atoms with Crippen LogP contribution in [0, 0.1) is 18.6 Å². The van der Waals surface area contributed by atoms with Crippen molar-refractivity contribution in [2.75, 3.05) is 26.2 Å². The third-order valence-electron chi connectivity index (χ3n) is 7.35. The van der Waals surface area contributed by atoms with Crippen LogP contribution in [0.2, 0.25) is 0 Å². The molecule has 1 aromatic carbocycles. The fourth-order valence-corrected chi connectivity index (χ4v) is 5.65. The first kappa shape index (κ1) is 25.0. The number of nitrogens with zero attached hydrogens (tertiary/aromatic N) is 6. The lowest BCUT2D eigenvalue weighted by Crippen LogP contribution is -2.47. The maximum Gasteiger partial charge on any atom is 0.151 e. The van der Waals surface area contributed by atoms with Crippen LogP contribution in [-0.4, -0.2) is 67.8 Å². The topological polar surface area (TPSA) is 81.0 Å². The van der Waals surface area contributed by atoms with E-state index in [1.54, 1.807) is 12.1 Å². The molecule has 10 heteroatoms. The lowest BCUT2D eigenvalue weighted by atomic mass is 10.0. The fourth-order valence-electron chi connectivity index (χ4n) is 5.65. The molecule has 198 valence electrons. The minimum Gasteiger partial charge on any atom is -0.374 e. The van der Waals surface area contributed by atoms with Gasteiger partial charge in [0.2, 0.25) is 0 Å². The van der Waals surface area contributed by atoms with E-state index in [9.17, 15) is 8.78 Å². The Balaban J connectivity index is 1.20. The minimum absolute atomic E-state index is 0.0900. The highest BCUT2D eigenvalue weighted by molar-refractivity contribution is 5.83. The molecule has 3 aromatic heterocycles. The number of ether oxygens (including phenoxy) is 1. The van der Waals surface area contributed by atoms with Crippen LogP contribution in [0.15, 0.2) is 36.8 Å². The predicted molar refractivity (Wildman–Crippen MR) is 140 cm³/mol. The third-order valence-corrected chi connectivity index (χ3v) is 7.35. The maximum atomic E-state index is 15.0. The quantitative estimate of drug-likeness (QED) is 0.415. The zero-order valence-electron chi connectivity index (χ0n) is 21.8. The summed E-state index contributed by atoms with van der Waals surface area (Å²) in [6, 6.07) is 5.25. The number of fused-ring (bicyclic) bond motifs is 2. The molecule has 0 saturated carbocycles. The summed E-state index contributed by atoms with van der Waals surface area (Å²) < 4.78 is 37.7. The molecule has 6 rings (SSSR count). The summed E-state index contributed by atoms with van der Waals surface area (Å²) in [6.45, 7) is 10.1. The monoisotopic (exact) mass is 519 g/mol. The summed E-state index contributed by atoms with van der Waals surface area (Å²) >= 11 is 0. The Morgan fingerprint density at radius 1 is 1.05 bits per heavy atom. The van der Waals surface area contributed by atoms with Crippen molar-refractivity contribution in [2.24, 2.45) is 0 Å². The molecule has 2 saturated heterocycles. The van der Waals surface area contributed by atoms with Crippen LogP contribution in [0.3, 0.4) is 0 Å². The lowest BCUT2D eigenvalue weighted by molar-refractivity contribution is 0.0175. The van der Waals surface area contributed by atoms with Gasteiger partial charge in [-0.25, -0.2) is 23.7 Å². The van der Waals surface area contributed by atoms with Gasteiger partial charge < -0.3 is 14.6 Å². The molecule has 0 bridgehead atoms. The smallest absolute Gasteiger partial charge is 0.151 e. The van der Waals surface area contributed by atoms with E-state index in [4.69, 9.17) is 4.74 Å². The van der Waals surface area contributed by atoms with E-state index in [1.165, 1.54) is 12.3 Å². The summed E-state index contributed by atoms with van der Waals surface area (Å²) in [6.07, 6.45) is 5.43. The van der Waals surface area contributed by atoms with Crippen LogP contribution >= 0.6 is 0 Å². The molecule has 2 aliphatic heterocycles. The van der Waals surface area contributed by atoms with Gasteiger partial charge >= 0.3 is 0 Å². The predicted octanol–water partition coefficient (Wildman–Crippen LogP) is 3.82. The van der Waals surface area contributed by atoms with E-state index in [-0.39, 0.29) is 17.7 Å². The average Bonchev–Trinajstić information content (AvgIpc) is 3.46. The van der Waals surface area contributed by atoms with Crippen molar-refractivity contribution in [3.8, 4) is 11.1 Å². The van der Waals surface area contributed by atoms with Crippen molar-refractivity contribution < 1.29 is 13.5 Å². The van der Waals surface area contributed by atoms with E-state index in [0.29, 0.717) is 40.6 Å². The number of nitrogens with one attached hydrogen (secondary N) is 1. The number of halogens is 2. The highest BCUT2D eigenvalue weighted by atomic mass is 19.1. The number of aryl methyl sites for hydroxylation is 1. The summed E-state index contributed by atoms with van der Waals surface area (Å²) in [4.78, 5) is 20.0. The van der Waals surface area contributed by atoms with E-state index >= 15 is 0 Å². The number of benzene rings is 1. The number of pyridine rings is 1. The molecule has 1 N–H and O–H groups in total. The highest BCUT2D eigenvalue weighted by Crippen LogP contribution is 2.31. The van der Waals surface area contributed by atoms with Crippen LogP contribution < -0.4 is 5.32 Å². The van der Waals surface area contributed by atoms with Crippen LogP contribution in [0.1, 0.15) is 42.8 Å². The first-order chi connectivity index (χ1) is 18.4. The van der Waals surface area contributed by atoms with Crippen LogP contribution in [0.4, 0.5) is 8.78 Å². The molecule has 8 nitrogen and oxygen atoms in total. The molecule has 2 fully saturated rings. The number of imidazole rings is 1. The largest absolute Gasteiger partial charge is 0.374 e. The Morgan fingerprint density at radius 2 is 1.87 bits per heavy atom. The molecule has 0 aliphatic carbocycles. The molecule has 2 atom stereocenters. The van der Waals surface area contributed by atoms with Gasteiger partial charge in [-0.1, -0.05) is 0 Å². The van der Waals surface area contributed by atoms with Gasteiger partial charge in [-0.15, -0.1) is 0 Å². The van der Waals surface area contributed by atoms with E-state index in [0.717, 1.165) is 44.2 Å². The Bertz CT molecular complexity index is 1460. The average molecular weight is 520 g/mol. The van der Waals surface area contributed by atoms with Crippen LogP contribution in [0.5, 0.6) is 0 Å². The van der Waals surface area contributed by atoms with Crippen molar-refractivity contribution in [1.82, 2.24) is 34.7 Å². The molecular formula is C28H31F2N7O. The standard InChI is InChI=1S/C28H31F2N7O/c1-16(2)37-17(3)35-28-22(29)6-19(7-25(28)37)21-8-20(32-12-23(21)30)9-27-33-10-18(11-34-27)13-36-14-24-26(15-36)38-5-4-31-24/h6-8,10-12,16,24,26,31H,4-5,9,13-15H2,1-3H3/t24-,26+/m0/s1. The number of morpholine rings is 1. The van der Waals surface area contributed by atoms with Gasteiger partial charge in [-0.05, 0) is 44.5 Å². The van der Waals surface area contributed by atoms with Crippen molar-refractivity contribution in [3.05, 3.63) is 71.3 Å². The Hall–Kier alpha value is -3.34. The van der Waals surface area contributed by atoms with Gasteiger partial charge in [-0.2, -0.15) is 0 Å². The van der Waals surface area contributed by atoms with Gasteiger partial charge in [0.15, 0.2) is 5.82 Å². The van der Waals surface area contributed by atoms with Gasteiger partial charge in [0.1, 0.15) is 23.0 Å². The van der Waals surface area contributed by atoms with E-state index < -0.39 is 11.6 Å². The summed E-state index contributed by atoms with van der Waals surface area (Å²) in [5, 5.41) is 3.52. The van der Waals surface area contributed by atoms with Crippen molar-refractivity contribution in [3.63, 3.8) is 0 Å². The Morgan fingerprint density at radius 3 is 2.63 bits per heavy atom. The highest BCUT2D eigenvalue weighted by Gasteiger charge is 2.35. The zero-order valence-corrected chi connectivity index (χ0v) is 21.8. The van der Waals surface area contributed by atoms with Crippen LogP contribution in [-0.2, 0) is 17.7 Å². The molecule has 0 amide bonds. The van der Waals surface area contributed by atoms with E-state index in [1.807, 2.05) is 37.7 Å². The third kappa shape index (κ3) is 4.79. The van der Waals surface area contributed by atoms with E-state index in [2.05, 4.69) is 30.2 Å². The van der Waals surface area contributed by atoms with Crippen molar-refractivity contribution in [2.45, 2.75) is 51.9 Å². The second-order valence-electron chi connectivity index (χ2n) is 10.5. The normalized spacial score (nSPS) is 19.9. The molecule has 5 heterocycles. The summed E-state index contributed by atoms with van der Waals surface area (Å²) in [5.74, 6) is 0.321. The van der Waals surface area contributed by atoms with Gasteiger partial charge in [0.05, 0.1) is 30.8 Å². The summed E-state index contributed by atoms with van der Waals surface area (Å²) in [5.41, 5.74) is 3.30. The summed E-state index contributed by atoms with van der Waals surface area (Å²) in [7, 11) is 0. The molecule has 0 radical (unpaired) electrons. The number of likely N-dealkylation sites (tertiary alicyclic amines) is 1. The Kier molecular flexibility index (Phi) is 6.63. The molecular weight excluding hydrogens is 488 g/mol. The molecule has 2 aliphatic rings. The maximum absolute atomic E-state index is 15.0. The molecule has 0 unspecified atom stereocenters. The molecule has 38 heavy (non-hydrogen) atoms. The second kappa shape index (κ2) is 10.1. The van der Waals surface area contributed by atoms with Gasteiger partial charge in [0, 0.05) is 67.5 Å². The van der Waals surface area contributed by atoms with Gasteiger partial charge in [0.25, 0.3) is 0 Å². The second-order valence-corrected chi connectivity index (χ2v) is 10.5.